The molecule has 0 radical (unpaired) electrons. The largest absolute Gasteiger partial charge is 0.492 e. The summed E-state index contributed by atoms with van der Waals surface area (Å²) in [5.41, 5.74) is 3.74. The molecule has 1 aliphatic heterocycles. The number of hydrogen-bond acceptors (Lipinski definition) is 9. The third-order valence-corrected chi connectivity index (χ3v) is 9.36. The Morgan fingerprint density at radius 1 is 0.920 bits per heavy atom. The second-order valence-electron chi connectivity index (χ2n) is 13.0. The van der Waals surface area contributed by atoms with Crippen molar-refractivity contribution in [3.05, 3.63) is 101 Å². The number of benzene rings is 3. The van der Waals surface area contributed by atoms with Crippen molar-refractivity contribution in [1.29, 1.82) is 0 Å². The van der Waals surface area contributed by atoms with Gasteiger partial charge < -0.3 is 39.8 Å². The molecule has 11 heteroatoms. The van der Waals surface area contributed by atoms with Crippen molar-refractivity contribution >= 4 is 11.8 Å². The molecule has 5 rings (SSSR count). The molecule has 1 aliphatic carbocycles. The van der Waals surface area contributed by atoms with Crippen LogP contribution in [0.15, 0.2) is 78.9 Å². The molecule has 2 aliphatic rings. The highest BCUT2D eigenvalue weighted by Gasteiger charge is 2.35. The second kappa shape index (κ2) is 19.5. The second-order valence-corrected chi connectivity index (χ2v) is 13.0. The monoisotopic (exact) mass is 689 g/mol. The lowest BCUT2D eigenvalue weighted by molar-refractivity contribution is -0.128. The van der Waals surface area contributed by atoms with Crippen LogP contribution in [0.25, 0.3) is 0 Å². The van der Waals surface area contributed by atoms with Crippen molar-refractivity contribution in [3.8, 4) is 5.75 Å². The highest BCUT2D eigenvalue weighted by molar-refractivity contribution is 5.80. The van der Waals surface area contributed by atoms with Gasteiger partial charge in [-0.3, -0.25) is 14.5 Å². The van der Waals surface area contributed by atoms with Gasteiger partial charge in [-0.15, -0.1) is 0 Å². The number of rotatable bonds is 19. The number of methoxy groups -OCH3 is 1. The van der Waals surface area contributed by atoms with Gasteiger partial charge in [0.15, 0.2) is 0 Å². The zero-order chi connectivity index (χ0) is 35.1. The molecule has 1 heterocycles. The molecular weight excluding hydrogens is 638 g/mol. The average Bonchev–Trinajstić information content (AvgIpc) is 3.45. The van der Waals surface area contributed by atoms with Gasteiger partial charge >= 0.3 is 0 Å². The molecule has 0 unspecified atom stereocenters. The number of nitrogens with one attached hydrogen (secondary N) is 2. The quantitative estimate of drug-likeness (QED) is 0.140. The highest BCUT2D eigenvalue weighted by atomic mass is 16.5. The van der Waals surface area contributed by atoms with Crippen LogP contribution in [0, 0.1) is 5.92 Å². The van der Waals surface area contributed by atoms with Gasteiger partial charge in [0.2, 0.25) is 11.8 Å². The summed E-state index contributed by atoms with van der Waals surface area (Å²) in [5, 5.41) is 28.6. The first-order chi connectivity index (χ1) is 24.4. The molecule has 0 bridgehead atoms. The van der Waals surface area contributed by atoms with Crippen molar-refractivity contribution in [3.63, 3.8) is 0 Å². The van der Waals surface area contributed by atoms with Crippen molar-refractivity contribution < 1.29 is 38.7 Å². The Morgan fingerprint density at radius 3 is 2.40 bits per heavy atom. The summed E-state index contributed by atoms with van der Waals surface area (Å²) >= 11 is 0. The number of fused-ring (bicyclic) bond motifs is 1. The van der Waals surface area contributed by atoms with Crippen LogP contribution in [-0.2, 0) is 43.1 Å². The molecule has 11 nitrogen and oxygen atoms in total. The van der Waals surface area contributed by atoms with Crippen LogP contribution >= 0.6 is 0 Å². The Balaban J connectivity index is 1.29. The van der Waals surface area contributed by atoms with Crippen LogP contribution < -0.4 is 15.4 Å². The minimum absolute atomic E-state index is 0.0798. The Labute approximate surface area is 294 Å². The molecule has 3 aromatic rings. The molecule has 3 aromatic carbocycles. The third-order valence-electron chi connectivity index (χ3n) is 9.36. The van der Waals surface area contributed by atoms with Gasteiger partial charge in [0.1, 0.15) is 19.0 Å². The van der Waals surface area contributed by atoms with Gasteiger partial charge in [-0.05, 0) is 53.6 Å². The number of hydrogen-bond donors (Lipinski definition) is 4. The molecule has 50 heavy (non-hydrogen) atoms. The van der Waals surface area contributed by atoms with Crippen LogP contribution in [-0.4, -0.2) is 112 Å². The van der Waals surface area contributed by atoms with Crippen LogP contribution in [0.3, 0.4) is 0 Å². The van der Waals surface area contributed by atoms with Crippen LogP contribution in [0.1, 0.15) is 34.7 Å². The van der Waals surface area contributed by atoms with E-state index < -0.39 is 30.2 Å². The predicted octanol–water partition coefficient (Wildman–Crippen LogP) is 2.47. The first-order valence-corrected chi connectivity index (χ1v) is 17.6. The molecule has 0 saturated carbocycles. The molecule has 1 saturated heterocycles. The SMILES string of the molecule is COCCOCC(=O)N[C@@H](Cc1ccccc1)[C@@H](O)C[C@@H](Cc1ccc(OCCN2CCOCC2)cc1)C(=O)N[C@H]1c2ccccc2C[C@H]1O. The molecule has 4 N–H and O–H groups in total. The smallest absolute Gasteiger partial charge is 0.246 e. The number of morpholine rings is 1. The summed E-state index contributed by atoms with van der Waals surface area (Å²) in [5.74, 6) is -0.557. The topological polar surface area (TPSA) is 139 Å². The number of carbonyl (C=O) groups excluding carboxylic acids is 2. The fourth-order valence-electron chi connectivity index (χ4n) is 6.59. The average molecular weight is 690 g/mol. The Hall–Kier alpha value is -3.84. The Bertz CT molecular complexity index is 1470. The van der Waals surface area contributed by atoms with E-state index in [0.717, 1.165) is 60.9 Å². The van der Waals surface area contributed by atoms with Crippen LogP contribution in [0.2, 0.25) is 0 Å². The summed E-state index contributed by atoms with van der Waals surface area (Å²) < 4.78 is 21.8. The fraction of sp³-hybridized carbons (Fsp3) is 0.487. The van der Waals surface area contributed by atoms with Gasteiger partial charge in [0.25, 0.3) is 0 Å². The number of nitrogens with zero attached hydrogens (tertiary/aromatic N) is 1. The van der Waals surface area contributed by atoms with E-state index in [1.807, 2.05) is 78.9 Å². The molecule has 270 valence electrons. The van der Waals surface area contributed by atoms with Crippen molar-refractivity contribution in [2.45, 2.75) is 50.0 Å². The van der Waals surface area contributed by atoms with E-state index in [2.05, 4.69) is 15.5 Å². The summed E-state index contributed by atoms with van der Waals surface area (Å²) in [4.78, 5) is 29.3. The normalized spacial score (nSPS) is 19.3. The van der Waals surface area contributed by atoms with E-state index in [4.69, 9.17) is 18.9 Å². The van der Waals surface area contributed by atoms with Gasteiger partial charge in [-0.2, -0.15) is 0 Å². The van der Waals surface area contributed by atoms with E-state index in [1.54, 1.807) is 7.11 Å². The minimum Gasteiger partial charge on any atom is -0.492 e. The van der Waals surface area contributed by atoms with E-state index >= 15 is 0 Å². The number of aliphatic hydroxyl groups is 2. The first kappa shape index (κ1) is 37.4. The highest BCUT2D eigenvalue weighted by Crippen LogP contribution is 2.32. The van der Waals surface area contributed by atoms with Crippen LogP contribution in [0.5, 0.6) is 5.75 Å². The molecular formula is C39H51N3O8. The number of amides is 2. The van der Waals surface area contributed by atoms with Crippen LogP contribution in [0.4, 0.5) is 0 Å². The van der Waals surface area contributed by atoms with Crippen molar-refractivity contribution in [1.82, 2.24) is 15.5 Å². The lowest BCUT2D eigenvalue weighted by Crippen LogP contribution is -2.48. The maximum absolute atomic E-state index is 14.1. The number of carbonyl (C=O) groups is 2. The Morgan fingerprint density at radius 2 is 1.64 bits per heavy atom. The summed E-state index contributed by atoms with van der Waals surface area (Å²) in [7, 11) is 1.56. The molecule has 5 atom stereocenters. The maximum Gasteiger partial charge on any atom is 0.246 e. The molecule has 1 fully saturated rings. The number of aliphatic hydroxyl groups excluding tert-OH is 2. The predicted molar refractivity (Wildman–Crippen MR) is 189 cm³/mol. The lowest BCUT2D eigenvalue weighted by atomic mass is 9.88. The fourth-order valence-corrected chi connectivity index (χ4v) is 6.59. The van der Waals surface area contributed by atoms with E-state index in [1.165, 1.54) is 0 Å². The van der Waals surface area contributed by atoms with Crippen molar-refractivity contribution in [2.24, 2.45) is 5.92 Å². The van der Waals surface area contributed by atoms with Crippen molar-refractivity contribution in [2.75, 3.05) is 66.4 Å². The molecule has 0 spiro atoms. The van der Waals surface area contributed by atoms with Gasteiger partial charge in [0, 0.05) is 39.1 Å². The lowest BCUT2D eigenvalue weighted by Gasteiger charge is -2.29. The summed E-state index contributed by atoms with van der Waals surface area (Å²) in [6.07, 6.45) is -0.564. The summed E-state index contributed by atoms with van der Waals surface area (Å²) in [6.45, 7) is 5.13. The first-order valence-electron chi connectivity index (χ1n) is 17.6. The summed E-state index contributed by atoms with van der Waals surface area (Å²) in [6, 6.07) is 23.8. The standard InChI is InChI=1S/C39H51N3O8/c1-47-21-22-49-27-37(45)40-34(24-28-7-3-2-4-8-28)35(43)26-31(39(46)41-38-33-10-6-5-9-30(33)25-36(38)44)23-29-11-13-32(14-12-29)50-20-17-42-15-18-48-19-16-42/h2-14,31,34-36,38,43-44H,15-27H2,1H3,(H,40,45)(H,41,46)/t31-,34+,35+,36-,38+/m1/s1. The maximum atomic E-state index is 14.1. The van der Waals surface area contributed by atoms with Gasteiger partial charge in [-0.1, -0.05) is 66.7 Å². The minimum atomic E-state index is -1.06. The van der Waals surface area contributed by atoms with Gasteiger partial charge in [0.05, 0.1) is 50.7 Å². The Kier molecular flexibility index (Phi) is 14.6. The zero-order valence-corrected chi connectivity index (χ0v) is 28.9. The van der Waals surface area contributed by atoms with Gasteiger partial charge in [-0.25, -0.2) is 0 Å². The van der Waals surface area contributed by atoms with E-state index in [9.17, 15) is 19.8 Å². The molecule has 0 aromatic heterocycles. The van der Waals surface area contributed by atoms with E-state index in [0.29, 0.717) is 32.5 Å². The third kappa shape index (κ3) is 11.3. The molecule has 2 amide bonds. The van der Waals surface area contributed by atoms with E-state index in [-0.39, 0.29) is 31.4 Å². The zero-order valence-electron chi connectivity index (χ0n) is 28.9. The number of ether oxygens (including phenoxy) is 4.